The number of benzene rings is 1. The lowest BCUT2D eigenvalue weighted by molar-refractivity contribution is 0.144. The molecule has 0 amide bonds. The molecule has 1 aliphatic heterocycles. The highest BCUT2D eigenvalue weighted by Crippen LogP contribution is 2.29. The van der Waals surface area contributed by atoms with Crippen LogP contribution in [0.5, 0.6) is 11.5 Å². The fourth-order valence-corrected chi connectivity index (χ4v) is 3.22. The fourth-order valence-electron chi connectivity index (χ4n) is 3.22. The number of likely N-dealkylation sites (tertiary alicyclic amines) is 1. The largest absolute Gasteiger partial charge is 0.493 e. The number of methoxy groups -OCH3 is 2. The number of rotatable bonds is 7. The van der Waals surface area contributed by atoms with Crippen molar-refractivity contribution < 1.29 is 9.47 Å². The molecule has 4 heteroatoms. The SMILES string of the molecule is COc1ccc(CCC2CCCCN2CCN)cc1OC. The molecule has 1 aliphatic rings. The number of hydrogen-bond acceptors (Lipinski definition) is 4. The van der Waals surface area contributed by atoms with Crippen LogP contribution in [0.4, 0.5) is 0 Å². The average Bonchev–Trinajstić information content (AvgIpc) is 2.54. The summed E-state index contributed by atoms with van der Waals surface area (Å²) in [5.74, 6) is 1.61. The summed E-state index contributed by atoms with van der Waals surface area (Å²) in [7, 11) is 3.36. The van der Waals surface area contributed by atoms with E-state index >= 15 is 0 Å². The van der Waals surface area contributed by atoms with Gasteiger partial charge in [0, 0.05) is 19.1 Å². The van der Waals surface area contributed by atoms with Crippen LogP contribution in [0.1, 0.15) is 31.2 Å². The maximum Gasteiger partial charge on any atom is 0.160 e. The summed E-state index contributed by atoms with van der Waals surface area (Å²) in [6.07, 6.45) is 6.22. The van der Waals surface area contributed by atoms with Gasteiger partial charge in [-0.1, -0.05) is 12.5 Å². The van der Waals surface area contributed by atoms with E-state index in [1.54, 1.807) is 14.2 Å². The van der Waals surface area contributed by atoms with Gasteiger partial charge in [-0.05, 0) is 49.9 Å². The Hall–Kier alpha value is -1.26. The second kappa shape index (κ2) is 8.25. The number of aryl methyl sites for hydroxylation is 1. The van der Waals surface area contributed by atoms with Gasteiger partial charge >= 0.3 is 0 Å². The Morgan fingerprint density at radius 3 is 2.71 bits per heavy atom. The van der Waals surface area contributed by atoms with Crippen molar-refractivity contribution in [3.63, 3.8) is 0 Å². The molecule has 4 nitrogen and oxygen atoms in total. The molecule has 1 unspecified atom stereocenters. The van der Waals surface area contributed by atoms with Crippen molar-refractivity contribution in [1.82, 2.24) is 4.90 Å². The van der Waals surface area contributed by atoms with Crippen LogP contribution in [0, 0.1) is 0 Å². The van der Waals surface area contributed by atoms with Gasteiger partial charge in [0.15, 0.2) is 11.5 Å². The first-order chi connectivity index (χ1) is 10.3. The third-order valence-corrected chi connectivity index (χ3v) is 4.38. The summed E-state index contributed by atoms with van der Waals surface area (Å²) < 4.78 is 10.7. The van der Waals surface area contributed by atoms with Crippen LogP contribution in [0.3, 0.4) is 0 Å². The summed E-state index contributed by atoms with van der Waals surface area (Å²) in [4.78, 5) is 2.56. The molecule has 1 saturated heterocycles. The van der Waals surface area contributed by atoms with Gasteiger partial charge in [-0.2, -0.15) is 0 Å². The van der Waals surface area contributed by atoms with Crippen molar-refractivity contribution in [2.24, 2.45) is 5.73 Å². The van der Waals surface area contributed by atoms with Crippen molar-refractivity contribution in [3.05, 3.63) is 23.8 Å². The first kappa shape index (κ1) is 16.1. The number of nitrogens with two attached hydrogens (primary N) is 1. The smallest absolute Gasteiger partial charge is 0.160 e. The predicted octanol–water partition coefficient (Wildman–Crippen LogP) is 2.45. The van der Waals surface area contributed by atoms with Gasteiger partial charge in [-0.25, -0.2) is 0 Å². The van der Waals surface area contributed by atoms with Crippen LogP contribution < -0.4 is 15.2 Å². The molecule has 0 radical (unpaired) electrons. The Morgan fingerprint density at radius 2 is 2.00 bits per heavy atom. The number of hydrogen-bond donors (Lipinski definition) is 1. The lowest BCUT2D eigenvalue weighted by Crippen LogP contribution is -2.42. The normalized spacial score (nSPS) is 19.5. The van der Waals surface area contributed by atoms with E-state index in [4.69, 9.17) is 15.2 Å². The van der Waals surface area contributed by atoms with Crippen LogP contribution in [-0.2, 0) is 6.42 Å². The van der Waals surface area contributed by atoms with E-state index in [1.807, 2.05) is 6.07 Å². The topological polar surface area (TPSA) is 47.7 Å². The molecule has 0 aromatic heterocycles. The minimum absolute atomic E-state index is 0.676. The molecular weight excluding hydrogens is 264 g/mol. The standard InChI is InChI=1S/C17H28N2O2/c1-20-16-9-7-14(13-17(16)21-2)6-8-15-5-3-4-11-19(15)12-10-18/h7,9,13,15H,3-6,8,10-12,18H2,1-2H3. The Balaban J connectivity index is 1.95. The Morgan fingerprint density at radius 1 is 1.19 bits per heavy atom. The minimum atomic E-state index is 0.676. The lowest BCUT2D eigenvalue weighted by Gasteiger charge is -2.35. The minimum Gasteiger partial charge on any atom is -0.493 e. The van der Waals surface area contributed by atoms with Gasteiger partial charge in [0.1, 0.15) is 0 Å². The second-order valence-corrected chi connectivity index (χ2v) is 5.70. The summed E-state index contributed by atoms with van der Waals surface area (Å²) in [6.45, 7) is 2.98. The highest BCUT2D eigenvalue weighted by molar-refractivity contribution is 5.42. The predicted molar refractivity (Wildman–Crippen MR) is 86.1 cm³/mol. The monoisotopic (exact) mass is 292 g/mol. The summed E-state index contributed by atoms with van der Waals surface area (Å²) in [5.41, 5.74) is 7.04. The maximum absolute atomic E-state index is 5.73. The molecule has 1 atom stereocenters. The first-order valence-corrected chi connectivity index (χ1v) is 7.93. The van der Waals surface area contributed by atoms with Gasteiger partial charge in [-0.15, -0.1) is 0 Å². The Labute approximate surface area is 128 Å². The molecule has 1 aromatic carbocycles. The molecular formula is C17H28N2O2. The maximum atomic E-state index is 5.73. The molecule has 0 spiro atoms. The van der Waals surface area contributed by atoms with Crippen molar-refractivity contribution >= 4 is 0 Å². The molecule has 0 saturated carbocycles. The molecule has 0 aliphatic carbocycles. The van der Waals surface area contributed by atoms with Crippen LogP contribution >= 0.6 is 0 Å². The van der Waals surface area contributed by atoms with Crippen LogP contribution in [0.25, 0.3) is 0 Å². The molecule has 21 heavy (non-hydrogen) atoms. The van der Waals surface area contributed by atoms with Gasteiger partial charge in [0.25, 0.3) is 0 Å². The van der Waals surface area contributed by atoms with Gasteiger partial charge in [0.2, 0.25) is 0 Å². The second-order valence-electron chi connectivity index (χ2n) is 5.70. The third kappa shape index (κ3) is 4.35. The number of piperidine rings is 1. The molecule has 2 N–H and O–H groups in total. The Bertz CT molecular complexity index is 435. The van der Waals surface area contributed by atoms with E-state index in [-0.39, 0.29) is 0 Å². The summed E-state index contributed by atoms with van der Waals surface area (Å²) in [5, 5.41) is 0. The molecule has 2 rings (SSSR count). The van der Waals surface area contributed by atoms with E-state index in [0.717, 1.165) is 31.0 Å². The molecule has 1 fully saturated rings. The van der Waals surface area contributed by atoms with Gasteiger partial charge in [0.05, 0.1) is 14.2 Å². The van der Waals surface area contributed by atoms with Crippen LogP contribution in [0.2, 0.25) is 0 Å². The molecule has 1 heterocycles. The lowest BCUT2D eigenvalue weighted by atomic mass is 9.95. The van der Waals surface area contributed by atoms with Crippen LogP contribution in [0.15, 0.2) is 18.2 Å². The molecule has 1 aromatic rings. The van der Waals surface area contributed by atoms with Crippen molar-refractivity contribution in [3.8, 4) is 11.5 Å². The first-order valence-electron chi connectivity index (χ1n) is 7.93. The van der Waals surface area contributed by atoms with Crippen molar-refractivity contribution in [2.75, 3.05) is 33.9 Å². The molecule has 0 bridgehead atoms. The highest BCUT2D eigenvalue weighted by Gasteiger charge is 2.21. The fraction of sp³-hybridized carbons (Fsp3) is 0.647. The van der Waals surface area contributed by atoms with E-state index < -0.39 is 0 Å². The van der Waals surface area contributed by atoms with Crippen molar-refractivity contribution in [2.45, 2.75) is 38.1 Å². The summed E-state index contributed by atoms with van der Waals surface area (Å²) in [6, 6.07) is 6.90. The average molecular weight is 292 g/mol. The van der Waals surface area contributed by atoms with Gasteiger partial charge < -0.3 is 15.2 Å². The third-order valence-electron chi connectivity index (χ3n) is 4.38. The Kier molecular flexibility index (Phi) is 6.33. The zero-order valence-electron chi connectivity index (χ0n) is 13.3. The summed E-state index contributed by atoms with van der Waals surface area (Å²) >= 11 is 0. The number of ether oxygens (including phenoxy) is 2. The van der Waals surface area contributed by atoms with E-state index in [2.05, 4.69) is 17.0 Å². The highest BCUT2D eigenvalue weighted by atomic mass is 16.5. The van der Waals surface area contributed by atoms with Crippen molar-refractivity contribution in [1.29, 1.82) is 0 Å². The molecule has 118 valence electrons. The van der Waals surface area contributed by atoms with E-state index in [0.29, 0.717) is 6.04 Å². The zero-order chi connectivity index (χ0) is 15.1. The zero-order valence-corrected chi connectivity index (χ0v) is 13.3. The van der Waals surface area contributed by atoms with E-state index in [9.17, 15) is 0 Å². The number of nitrogens with zero attached hydrogens (tertiary/aromatic N) is 1. The van der Waals surface area contributed by atoms with Gasteiger partial charge in [-0.3, -0.25) is 4.90 Å². The quantitative estimate of drug-likeness (QED) is 0.838. The van der Waals surface area contributed by atoms with E-state index in [1.165, 1.54) is 37.8 Å². The van der Waals surface area contributed by atoms with Crippen LogP contribution in [-0.4, -0.2) is 44.8 Å².